The molecule has 0 spiro atoms. The molecule has 0 aliphatic carbocycles. The first kappa shape index (κ1) is 14.1. The van der Waals surface area contributed by atoms with Gasteiger partial charge in [-0.15, -0.1) is 0 Å². The van der Waals surface area contributed by atoms with E-state index < -0.39 is 17.5 Å². The van der Waals surface area contributed by atoms with Crippen LogP contribution in [-0.2, 0) is 13.1 Å². The first-order valence-electron chi connectivity index (χ1n) is 6.96. The molecule has 3 rings (SSSR count). The quantitative estimate of drug-likeness (QED) is 0.809. The Hall–Kier alpha value is -1.82. The lowest BCUT2D eigenvalue weighted by molar-refractivity contribution is 0.223. The molecule has 1 aliphatic rings. The Balaban J connectivity index is 1.71. The van der Waals surface area contributed by atoms with Crippen molar-refractivity contribution < 1.29 is 13.2 Å². The molecular weight excluding hydrogens is 279 g/mol. The van der Waals surface area contributed by atoms with Crippen LogP contribution in [0.3, 0.4) is 0 Å². The second kappa shape index (κ2) is 5.89. The maximum absolute atomic E-state index is 13.3. The topological polar surface area (TPSA) is 21.1 Å². The van der Waals surface area contributed by atoms with Gasteiger partial charge in [0.25, 0.3) is 0 Å². The largest absolute Gasteiger partial charge is 0.336 e. The molecule has 21 heavy (non-hydrogen) atoms. The molecule has 1 aromatic carbocycles. The molecule has 112 valence electrons. The summed E-state index contributed by atoms with van der Waals surface area (Å²) in [6.45, 7) is 2.10. The Kier molecular flexibility index (Phi) is 3.96. The van der Waals surface area contributed by atoms with E-state index in [1.165, 1.54) is 0 Å². The normalized spacial score (nSPS) is 19.3. The van der Waals surface area contributed by atoms with Gasteiger partial charge in [0.2, 0.25) is 0 Å². The van der Waals surface area contributed by atoms with Gasteiger partial charge in [-0.2, -0.15) is 0 Å². The molecule has 6 heteroatoms. The van der Waals surface area contributed by atoms with Crippen molar-refractivity contribution in [1.82, 2.24) is 14.5 Å². The summed E-state index contributed by atoms with van der Waals surface area (Å²) in [6.07, 6.45) is 7.46. The molecule has 1 atom stereocenters. The van der Waals surface area contributed by atoms with Crippen molar-refractivity contribution >= 4 is 0 Å². The molecule has 1 fully saturated rings. The van der Waals surface area contributed by atoms with Crippen molar-refractivity contribution in [2.45, 2.75) is 32.0 Å². The summed E-state index contributed by atoms with van der Waals surface area (Å²) < 4.78 is 41.5. The van der Waals surface area contributed by atoms with Gasteiger partial charge in [-0.1, -0.05) is 0 Å². The fourth-order valence-electron chi connectivity index (χ4n) is 2.88. The van der Waals surface area contributed by atoms with Crippen molar-refractivity contribution in [3.05, 3.63) is 53.9 Å². The number of likely N-dealkylation sites (tertiary alicyclic amines) is 1. The monoisotopic (exact) mass is 295 g/mol. The molecule has 0 bridgehead atoms. The van der Waals surface area contributed by atoms with Crippen LogP contribution in [0.5, 0.6) is 0 Å². The SMILES string of the molecule is Fc1cc(CN2CCCC2Cn2ccnc2)cc(F)c1F. The zero-order chi connectivity index (χ0) is 14.8. The van der Waals surface area contributed by atoms with E-state index in [2.05, 4.69) is 9.88 Å². The maximum atomic E-state index is 13.3. The van der Waals surface area contributed by atoms with Gasteiger partial charge in [-0.25, -0.2) is 18.2 Å². The Morgan fingerprint density at radius 2 is 1.95 bits per heavy atom. The first-order valence-corrected chi connectivity index (χ1v) is 6.96. The minimum Gasteiger partial charge on any atom is -0.336 e. The fourth-order valence-corrected chi connectivity index (χ4v) is 2.88. The molecule has 1 aromatic heterocycles. The van der Waals surface area contributed by atoms with Crippen LogP contribution >= 0.6 is 0 Å². The number of hydrogen-bond donors (Lipinski definition) is 0. The van der Waals surface area contributed by atoms with Gasteiger partial charge in [0.1, 0.15) is 0 Å². The van der Waals surface area contributed by atoms with Gasteiger partial charge in [-0.3, -0.25) is 4.90 Å². The zero-order valence-electron chi connectivity index (χ0n) is 11.5. The molecule has 0 saturated carbocycles. The molecule has 3 nitrogen and oxygen atoms in total. The maximum Gasteiger partial charge on any atom is 0.194 e. The standard InChI is InChI=1S/C15H16F3N3/c16-13-6-11(7-14(17)15(13)18)8-21-4-1-2-12(21)9-20-5-3-19-10-20/h3,5-7,10,12H,1-2,4,8-9H2. The predicted molar refractivity (Wildman–Crippen MR) is 72.0 cm³/mol. The highest BCUT2D eigenvalue weighted by Gasteiger charge is 2.25. The number of hydrogen-bond acceptors (Lipinski definition) is 2. The fraction of sp³-hybridized carbons (Fsp3) is 0.400. The van der Waals surface area contributed by atoms with Crippen LogP contribution in [0.2, 0.25) is 0 Å². The minimum absolute atomic E-state index is 0.301. The van der Waals surface area contributed by atoms with Crippen molar-refractivity contribution in [3.8, 4) is 0 Å². The summed E-state index contributed by atoms with van der Waals surface area (Å²) in [4.78, 5) is 6.18. The summed E-state index contributed by atoms with van der Waals surface area (Å²) in [5, 5.41) is 0. The van der Waals surface area contributed by atoms with E-state index in [4.69, 9.17) is 0 Å². The van der Waals surface area contributed by atoms with Crippen LogP contribution in [0.25, 0.3) is 0 Å². The molecule has 1 aliphatic heterocycles. The smallest absolute Gasteiger partial charge is 0.194 e. The lowest BCUT2D eigenvalue weighted by Crippen LogP contribution is -2.32. The highest BCUT2D eigenvalue weighted by Crippen LogP contribution is 2.23. The first-order chi connectivity index (χ1) is 10.1. The summed E-state index contributed by atoms with van der Waals surface area (Å²) in [5.74, 6) is -3.67. The highest BCUT2D eigenvalue weighted by atomic mass is 19.2. The minimum atomic E-state index is -1.41. The summed E-state index contributed by atoms with van der Waals surface area (Å²) in [6, 6.07) is 2.45. The van der Waals surface area contributed by atoms with Crippen molar-refractivity contribution in [1.29, 1.82) is 0 Å². The van der Waals surface area contributed by atoms with Gasteiger partial charge in [0, 0.05) is 31.5 Å². The van der Waals surface area contributed by atoms with Crippen LogP contribution in [0, 0.1) is 17.5 Å². The van der Waals surface area contributed by atoms with Gasteiger partial charge in [0.05, 0.1) is 6.33 Å². The molecule has 2 heterocycles. The van der Waals surface area contributed by atoms with Crippen LogP contribution < -0.4 is 0 Å². The van der Waals surface area contributed by atoms with E-state index in [9.17, 15) is 13.2 Å². The number of halogens is 3. The average molecular weight is 295 g/mol. The molecule has 1 saturated heterocycles. The second-order valence-electron chi connectivity index (χ2n) is 5.40. The third-order valence-electron chi connectivity index (χ3n) is 3.91. The van der Waals surface area contributed by atoms with E-state index in [0.29, 0.717) is 18.2 Å². The number of rotatable bonds is 4. The third-order valence-corrected chi connectivity index (χ3v) is 3.91. The van der Waals surface area contributed by atoms with Gasteiger partial charge in [0.15, 0.2) is 17.5 Å². The van der Waals surface area contributed by atoms with Crippen LogP contribution in [-0.4, -0.2) is 27.0 Å². The molecular formula is C15H16F3N3. The molecule has 0 amide bonds. The second-order valence-corrected chi connectivity index (χ2v) is 5.40. The van der Waals surface area contributed by atoms with Crippen molar-refractivity contribution in [2.75, 3.05) is 6.54 Å². The Morgan fingerprint density at radius 3 is 2.62 bits per heavy atom. The molecule has 2 aromatic rings. The zero-order valence-corrected chi connectivity index (χ0v) is 11.5. The molecule has 0 radical (unpaired) electrons. The lowest BCUT2D eigenvalue weighted by Gasteiger charge is -2.24. The van der Waals surface area contributed by atoms with Crippen molar-refractivity contribution in [2.24, 2.45) is 0 Å². The van der Waals surface area contributed by atoms with E-state index in [-0.39, 0.29) is 0 Å². The summed E-state index contributed by atoms with van der Waals surface area (Å²) >= 11 is 0. The lowest BCUT2D eigenvalue weighted by atomic mass is 10.1. The average Bonchev–Trinajstić information content (AvgIpc) is 3.09. The van der Waals surface area contributed by atoms with Gasteiger partial charge < -0.3 is 4.57 Å². The number of nitrogens with zero attached hydrogens (tertiary/aromatic N) is 3. The number of imidazole rings is 1. The van der Waals surface area contributed by atoms with Gasteiger partial charge in [-0.05, 0) is 37.1 Å². The number of benzene rings is 1. The summed E-state index contributed by atoms with van der Waals surface area (Å²) in [7, 11) is 0. The summed E-state index contributed by atoms with van der Waals surface area (Å²) in [5.41, 5.74) is 0.462. The Bertz CT molecular complexity index is 590. The predicted octanol–water partition coefficient (Wildman–Crippen LogP) is 2.97. The van der Waals surface area contributed by atoms with Gasteiger partial charge >= 0.3 is 0 Å². The molecule has 0 N–H and O–H groups in total. The van der Waals surface area contributed by atoms with Crippen LogP contribution in [0.4, 0.5) is 13.2 Å². The van der Waals surface area contributed by atoms with Crippen LogP contribution in [0.15, 0.2) is 30.9 Å². The Morgan fingerprint density at radius 1 is 1.19 bits per heavy atom. The van der Waals surface area contributed by atoms with E-state index >= 15 is 0 Å². The Labute approximate surface area is 121 Å². The van der Waals surface area contributed by atoms with Crippen LogP contribution in [0.1, 0.15) is 18.4 Å². The number of aromatic nitrogens is 2. The van der Waals surface area contributed by atoms with E-state index in [0.717, 1.165) is 38.1 Å². The highest BCUT2D eigenvalue weighted by molar-refractivity contribution is 5.19. The van der Waals surface area contributed by atoms with Crippen molar-refractivity contribution in [3.63, 3.8) is 0 Å². The molecule has 1 unspecified atom stereocenters. The van der Waals surface area contributed by atoms with E-state index in [1.807, 2.05) is 10.8 Å². The van der Waals surface area contributed by atoms with E-state index in [1.54, 1.807) is 12.5 Å². The third kappa shape index (κ3) is 3.10.